The molecule has 2 rings (SSSR count). The summed E-state index contributed by atoms with van der Waals surface area (Å²) in [6, 6.07) is 5.77. The molecule has 1 fully saturated rings. The van der Waals surface area contributed by atoms with Crippen LogP contribution in [0, 0.1) is 19.8 Å². The lowest BCUT2D eigenvalue weighted by Crippen LogP contribution is -2.43. The molecule has 0 aliphatic carbocycles. The van der Waals surface area contributed by atoms with Gasteiger partial charge in [-0.15, -0.1) is 0 Å². The van der Waals surface area contributed by atoms with Gasteiger partial charge in [-0.05, 0) is 43.9 Å². The number of carbonyl (C=O) groups is 1. The molecule has 1 atom stereocenters. The Morgan fingerprint density at radius 1 is 1.33 bits per heavy atom. The highest BCUT2D eigenvalue weighted by molar-refractivity contribution is 7.88. The molecule has 1 aromatic rings. The molecule has 1 N–H and O–H groups in total. The van der Waals surface area contributed by atoms with Crippen LogP contribution in [-0.2, 0) is 14.8 Å². The highest BCUT2D eigenvalue weighted by Gasteiger charge is 2.30. The Labute approximate surface area is 126 Å². The number of sulfonamides is 1. The van der Waals surface area contributed by atoms with Crippen LogP contribution in [0.15, 0.2) is 18.2 Å². The summed E-state index contributed by atoms with van der Waals surface area (Å²) < 4.78 is 24.6. The van der Waals surface area contributed by atoms with Gasteiger partial charge in [0.15, 0.2) is 0 Å². The van der Waals surface area contributed by atoms with E-state index in [9.17, 15) is 13.2 Å². The topological polar surface area (TPSA) is 66.5 Å². The molecule has 21 heavy (non-hydrogen) atoms. The fraction of sp³-hybridized carbons (Fsp3) is 0.533. The molecule has 1 aliphatic heterocycles. The second kappa shape index (κ2) is 6.15. The summed E-state index contributed by atoms with van der Waals surface area (Å²) in [7, 11) is -3.23. The van der Waals surface area contributed by atoms with E-state index in [1.54, 1.807) is 0 Å². The summed E-state index contributed by atoms with van der Waals surface area (Å²) in [5.74, 6) is -0.384. The minimum atomic E-state index is -3.23. The zero-order valence-corrected chi connectivity index (χ0v) is 13.5. The number of amides is 1. The maximum Gasteiger partial charge on any atom is 0.228 e. The van der Waals surface area contributed by atoms with E-state index in [4.69, 9.17) is 0 Å². The monoisotopic (exact) mass is 310 g/mol. The second-order valence-electron chi connectivity index (χ2n) is 5.70. The van der Waals surface area contributed by atoms with Gasteiger partial charge in [0.25, 0.3) is 0 Å². The first-order chi connectivity index (χ1) is 9.79. The summed E-state index contributed by atoms with van der Waals surface area (Å²) >= 11 is 0. The molecule has 5 nitrogen and oxygen atoms in total. The van der Waals surface area contributed by atoms with E-state index in [1.165, 1.54) is 10.6 Å². The summed E-state index contributed by atoms with van der Waals surface area (Å²) in [5, 5.41) is 2.93. The van der Waals surface area contributed by atoms with Crippen LogP contribution < -0.4 is 5.32 Å². The van der Waals surface area contributed by atoms with Crippen LogP contribution in [0.25, 0.3) is 0 Å². The van der Waals surface area contributed by atoms with Gasteiger partial charge in [-0.2, -0.15) is 0 Å². The van der Waals surface area contributed by atoms with Crippen molar-refractivity contribution in [2.45, 2.75) is 26.7 Å². The molecule has 0 spiro atoms. The Kier molecular flexibility index (Phi) is 4.68. The molecule has 0 saturated carbocycles. The molecule has 6 heteroatoms. The number of rotatable bonds is 3. The molecule has 1 aliphatic rings. The number of aryl methyl sites for hydroxylation is 1. The average Bonchev–Trinajstić information content (AvgIpc) is 2.43. The molecule has 0 bridgehead atoms. The predicted molar refractivity (Wildman–Crippen MR) is 83.7 cm³/mol. The van der Waals surface area contributed by atoms with Crippen LogP contribution in [0.3, 0.4) is 0 Å². The van der Waals surface area contributed by atoms with E-state index in [0.29, 0.717) is 6.54 Å². The smallest absolute Gasteiger partial charge is 0.228 e. The maximum absolute atomic E-state index is 12.4. The minimum Gasteiger partial charge on any atom is -0.326 e. The fourth-order valence-electron chi connectivity index (χ4n) is 2.58. The van der Waals surface area contributed by atoms with Gasteiger partial charge in [0.05, 0.1) is 12.2 Å². The average molecular weight is 310 g/mol. The summed E-state index contributed by atoms with van der Waals surface area (Å²) in [5.41, 5.74) is 2.97. The Bertz CT molecular complexity index is 640. The van der Waals surface area contributed by atoms with Crippen LogP contribution in [-0.4, -0.2) is 38.0 Å². The van der Waals surface area contributed by atoms with Crippen molar-refractivity contribution < 1.29 is 13.2 Å². The van der Waals surface area contributed by atoms with Gasteiger partial charge < -0.3 is 5.32 Å². The molecule has 1 amide bonds. The highest BCUT2D eigenvalue weighted by atomic mass is 32.2. The number of carbonyl (C=O) groups excluding carboxylic acids is 1. The van der Waals surface area contributed by atoms with Crippen molar-refractivity contribution in [2.75, 3.05) is 24.7 Å². The summed E-state index contributed by atoms with van der Waals surface area (Å²) in [4.78, 5) is 12.4. The van der Waals surface area contributed by atoms with Crippen molar-refractivity contribution >= 4 is 21.6 Å². The van der Waals surface area contributed by atoms with Gasteiger partial charge in [0, 0.05) is 18.8 Å². The van der Waals surface area contributed by atoms with Crippen molar-refractivity contribution in [1.82, 2.24) is 4.31 Å². The minimum absolute atomic E-state index is 0.1000. The molecule has 1 heterocycles. The van der Waals surface area contributed by atoms with Gasteiger partial charge in [0.1, 0.15) is 0 Å². The molecule has 0 aromatic heterocycles. The number of hydrogen-bond acceptors (Lipinski definition) is 3. The third-order valence-electron chi connectivity index (χ3n) is 4.09. The Balaban J connectivity index is 2.08. The third-order valence-corrected chi connectivity index (χ3v) is 5.36. The lowest BCUT2D eigenvalue weighted by molar-refractivity contribution is -0.120. The number of benzene rings is 1. The highest BCUT2D eigenvalue weighted by Crippen LogP contribution is 2.23. The lowest BCUT2D eigenvalue weighted by Gasteiger charge is -2.30. The number of nitrogens with zero attached hydrogens (tertiary/aromatic N) is 1. The molecule has 0 radical (unpaired) electrons. The van der Waals surface area contributed by atoms with Gasteiger partial charge in [0.2, 0.25) is 15.9 Å². The van der Waals surface area contributed by atoms with Crippen LogP contribution in [0.2, 0.25) is 0 Å². The fourth-order valence-corrected chi connectivity index (χ4v) is 3.49. The van der Waals surface area contributed by atoms with Crippen molar-refractivity contribution in [3.8, 4) is 0 Å². The van der Waals surface area contributed by atoms with Crippen molar-refractivity contribution in [3.63, 3.8) is 0 Å². The third kappa shape index (κ3) is 3.83. The van der Waals surface area contributed by atoms with E-state index in [2.05, 4.69) is 5.32 Å². The first-order valence-electron chi connectivity index (χ1n) is 7.11. The Morgan fingerprint density at radius 3 is 2.71 bits per heavy atom. The van der Waals surface area contributed by atoms with Crippen molar-refractivity contribution in [2.24, 2.45) is 5.92 Å². The van der Waals surface area contributed by atoms with E-state index in [0.717, 1.165) is 29.7 Å². The normalized spacial score (nSPS) is 20.2. The molecule has 0 unspecified atom stereocenters. The van der Waals surface area contributed by atoms with E-state index in [-0.39, 0.29) is 18.4 Å². The lowest BCUT2D eigenvalue weighted by atomic mass is 9.98. The van der Waals surface area contributed by atoms with Gasteiger partial charge in [-0.1, -0.05) is 12.1 Å². The Morgan fingerprint density at radius 2 is 2.05 bits per heavy atom. The predicted octanol–water partition coefficient (Wildman–Crippen LogP) is 1.91. The van der Waals surface area contributed by atoms with Crippen LogP contribution in [0.4, 0.5) is 5.69 Å². The zero-order chi connectivity index (χ0) is 15.6. The molecule has 116 valence electrons. The quantitative estimate of drug-likeness (QED) is 0.927. The van der Waals surface area contributed by atoms with E-state index >= 15 is 0 Å². The van der Waals surface area contributed by atoms with Crippen molar-refractivity contribution in [3.05, 3.63) is 29.3 Å². The SMILES string of the molecule is Cc1cccc(NC(=O)[C@@H]2CCCN(S(C)(=O)=O)C2)c1C. The number of piperidine rings is 1. The standard InChI is InChI=1S/C15H22N2O3S/c1-11-6-4-8-14(12(11)2)16-15(18)13-7-5-9-17(10-13)21(3,19)20/h4,6,8,13H,5,7,9-10H2,1-3H3,(H,16,18)/t13-/m1/s1. The van der Waals surface area contributed by atoms with Gasteiger partial charge in [-0.3, -0.25) is 4.79 Å². The van der Waals surface area contributed by atoms with Crippen LogP contribution in [0.5, 0.6) is 0 Å². The maximum atomic E-state index is 12.4. The summed E-state index contributed by atoms with van der Waals surface area (Å²) in [6.07, 6.45) is 2.64. The van der Waals surface area contributed by atoms with Crippen molar-refractivity contribution in [1.29, 1.82) is 0 Å². The van der Waals surface area contributed by atoms with Crippen LogP contribution in [0.1, 0.15) is 24.0 Å². The summed E-state index contributed by atoms with van der Waals surface area (Å²) in [6.45, 7) is 4.74. The molecular formula is C15H22N2O3S. The van der Waals surface area contributed by atoms with Crippen LogP contribution >= 0.6 is 0 Å². The number of anilines is 1. The number of hydrogen-bond donors (Lipinski definition) is 1. The molecular weight excluding hydrogens is 288 g/mol. The largest absolute Gasteiger partial charge is 0.326 e. The zero-order valence-electron chi connectivity index (χ0n) is 12.7. The Hall–Kier alpha value is -1.40. The van der Waals surface area contributed by atoms with Gasteiger partial charge >= 0.3 is 0 Å². The second-order valence-corrected chi connectivity index (χ2v) is 7.68. The molecule has 1 saturated heterocycles. The number of nitrogens with one attached hydrogen (secondary N) is 1. The first-order valence-corrected chi connectivity index (χ1v) is 8.96. The van der Waals surface area contributed by atoms with E-state index in [1.807, 2.05) is 32.0 Å². The molecule has 1 aromatic carbocycles. The first kappa shape index (κ1) is 16.0. The van der Waals surface area contributed by atoms with E-state index < -0.39 is 10.0 Å². The van der Waals surface area contributed by atoms with Gasteiger partial charge in [-0.25, -0.2) is 12.7 Å².